The number of nitrogens with zero attached hydrogens (tertiary/aromatic N) is 3. The zero-order chi connectivity index (χ0) is 21.8. The Morgan fingerprint density at radius 3 is 2.90 bits per heavy atom. The molecule has 11 heteroatoms. The van der Waals surface area contributed by atoms with Gasteiger partial charge in [0.15, 0.2) is 0 Å². The number of aromatic nitrogens is 2. The first-order chi connectivity index (χ1) is 15.0. The van der Waals surface area contributed by atoms with Gasteiger partial charge in [0.2, 0.25) is 5.91 Å². The average Bonchev–Trinajstić information content (AvgIpc) is 3.34. The molecule has 1 saturated heterocycles. The number of hydrogen-bond donors (Lipinski definition) is 1. The van der Waals surface area contributed by atoms with Crippen LogP contribution < -0.4 is 5.32 Å². The molecule has 0 unspecified atom stereocenters. The summed E-state index contributed by atoms with van der Waals surface area (Å²) in [5.74, 6) is -0.416. The van der Waals surface area contributed by atoms with Gasteiger partial charge in [0.05, 0.1) is 10.7 Å². The molecule has 3 heterocycles. The van der Waals surface area contributed by atoms with E-state index in [9.17, 15) is 14.4 Å². The maximum absolute atomic E-state index is 12.6. The Labute approximate surface area is 195 Å². The van der Waals surface area contributed by atoms with E-state index in [0.717, 1.165) is 31.9 Å². The Bertz CT molecular complexity index is 1200. The van der Waals surface area contributed by atoms with E-state index in [0.29, 0.717) is 15.5 Å². The first-order valence-electron chi connectivity index (χ1n) is 9.10. The van der Waals surface area contributed by atoms with Crippen LogP contribution in [0, 0.1) is 0 Å². The first-order valence-corrected chi connectivity index (χ1v) is 12.2. The normalized spacial score (nSPS) is 15.3. The summed E-state index contributed by atoms with van der Waals surface area (Å²) in [5, 5.41) is 6.48. The number of hydrogen-bond acceptors (Lipinski definition) is 8. The van der Waals surface area contributed by atoms with E-state index in [2.05, 4.69) is 15.3 Å². The van der Waals surface area contributed by atoms with Gasteiger partial charge in [-0.15, -0.1) is 11.3 Å². The van der Waals surface area contributed by atoms with Crippen molar-refractivity contribution in [3.8, 4) is 0 Å². The van der Waals surface area contributed by atoms with Crippen molar-refractivity contribution < 1.29 is 14.4 Å². The third-order valence-electron chi connectivity index (χ3n) is 4.29. The van der Waals surface area contributed by atoms with Crippen molar-refractivity contribution in [1.29, 1.82) is 0 Å². The lowest BCUT2D eigenvalue weighted by atomic mass is 10.2. The van der Waals surface area contributed by atoms with E-state index in [-0.39, 0.29) is 35.9 Å². The number of imide groups is 1. The summed E-state index contributed by atoms with van der Waals surface area (Å²) < 4.78 is 0. The molecule has 3 aromatic rings. The first kappa shape index (κ1) is 21.8. The van der Waals surface area contributed by atoms with E-state index in [1.54, 1.807) is 30.3 Å². The third kappa shape index (κ3) is 5.09. The van der Waals surface area contributed by atoms with Crippen LogP contribution in [0.25, 0.3) is 16.3 Å². The van der Waals surface area contributed by atoms with Crippen LogP contribution in [0.3, 0.4) is 0 Å². The van der Waals surface area contributed by atoms with Gasteiger partial charge in [-0.25, -0.2) is 9.97 Å². The Balaban J connectivity index is 1.28. The fraction of sp³-hybridized carbons (Fsp3) is 0.150. The largest absolute Gasteiger partial charge is 0.354 e. The van der Waals surface area contributed by atoms with Crippen molar-refractivity contribution in [2.45, 2.75) is 5.03 Å². The van der Waals surface area contributed by atoms with Crippen molar-refractivity contribution in [3.05, 3.63) is 57.5 Å². The van der Waals surface area contributed by atoms with Gasteiger partial charge in [-0.2, -0.15) is 0 Å². The maximum Gasteiger partial charge on any atom is 0.293 e. The van der Waals surface area contributed by atoms with E-state index in [1.165, 1.54) is 29.4 Å². The van der Waals surface area contributed by atoms with Gasteiger partial charge in [-0.1, -0.05) is 41.6 Å². The van der Waals surface area contributed by atoms with Gasteiger partial charge in [0.1, 0.15) is 16.2 Å². The molecule has 4 rings (SSSR count). The molecular weight excluding hydrogens is 476 g/mol. The summed E-state index contributed by atoms with van der Waals surface area (Å²) in [6.07, 6.45) is 3.09. The SMILES string of the molecule is O=C(CSc1ncnc2sccc12)NCCN1C(=O)S/C(=C\c2ccccc2Cl)C1=O. The van der Waals surface area contributed by atoms with Gasteiger partial charge in [-0.05, 0) is 40.9 Å². The van der Waals surface area contributed by atoms with Crippen LogP contribution in [0.1, 0.15) is 5.56 Å². The van der Waals surface area contributed by atoms with Gasteiger partial charge < -0.3 is 5.32 Å². The topological polar surface area (TPSA) is 92.3 Å². The number of fused-ring (bicyclic) bond motifs is 1. The van der Waals surface area contributed by atoms with E-state index in [1.807, 2.05) is 11.4 Å². The lowest BCUT2D eigenvalue weighted by molar-refractivity contribution is -0.123. The molecule has 0 spiro atoms. The minimum Gasteiger partial charge on any atom is -0.354 e. The number of thiophene rings is 1. The Morgan fingerprint density at radius 1 is 1.23 bits per heavy atom. The second-order valence-electron chi connectivity index (χ2n) is 6.31. The highest BCUT2D eigenvalue weighted by molar-refractivity contribution is 8.18. The fourth-order valence-corrected chi connectivity index (χ4v) is 5.46. The van der Waals surface area contributed by atoms with Gasteiger partial charge >= 0.3 is 0 Å². The van der Waals surface area contributed by atoms with Crippen molar-refractivity contribution in [2.75, 3.05) is 18.8 Å². The van der Waals surface area contributed by atoms with E-state index < -0.39 is 0 Å². The molecule has 1 N–H and O–H groups in total. The highest BCUT2D eigenvalue weighted by atomic mass is 35.5. The van der Waals surface area contributed by atoms with Gasteiger partial charge in [0, 0.05) is 23.5 Å². The molecule has 0 radical (unpaired) electrons. The summed E-state index contributed by atoms with van der Waals surface area (Å²) in [6.45, 7) is 0.275. The number of rotatable bonds is 7. The van der Waals surface area contributed by atoms with Crippen molar-refractivity contribution >= 4 is 79.8 Å². The van der Waals surface area contributed by atoms with E-state index >= 15 is 0 Å². The highest BCUT2D eigenvalue weighted by Crippen LogP contribution is 2.33. The Morgan fingerprint density at radius 2 is 2.06 bits per heavy atom. The summed E-state index contributed by atoms with van der Waals surface area (Å²) in [7, 11) is 0. The lowest BCUT2D eigenvalue weighted by Gasteiger charge is -2.13. The molecule has 1 aliphatic heterocycles. The molecule has 0 atom stereocenters. The molecule has 3 amide bonds. The summed E-state index contributed by atoms with van der Waals surface area (Å²) in [5.41, 5.74) is 0.671. The lowest BCUT2D eigenvalue weighted by Crippen LogP contribution is -2.37. The molecule has 1 aliphatic rings. The maximum atomic E-state index is 12.6. The van der Waals surface area contributed by atoms with Crippen LogP contribution in [0.5, 0.6) is 0 Å². The van der Waals surface area contributed by atoms with E-state index in [4.69, 9.17) is 11.6 Å². The summed E-state index contributed by atoms with van der Waals surface area (Å²) in [6, 6.07) is 9.02. The predicted molar refractivity (Wildman–Crippen MR) is 125 cm³/mol. The number of thioether (sulfide) groups is 2. The number of carbonyl (C=O) groups is 3. The molecule has 0 aliphatic carbocycles. The van der Waals surface area contributed by atoms with Gasteiger partial charge in [0.25, 0.3) is 11.1 Å². The number of benzene rings is 1. The molecular formula is C20H15ClN4O3S3. The highest BCUT2D eigenvalue weighted by Gasteiger charge is 2.34. The predicted octanol–water partition coefficient (Wildman–Crippen LogP) is 4.29. The van der Waals surface area contributed by atoms with Crippen molar-refractivity contribution in [3.63, 3.8) is 0 Å². The molecule has 1 aromatic carbocycles. The standard InChI is InChI=1S/C20H15ClN4O3S3/c21-14-4-2-1-3-12(14)9-15-19(27)25(20(28)31-15)7-6-22-16(26)10-30-18-13-5-8-29-17(13)23-11-24-18/h1-5,8-9,11H,6-7,10H2,(H,22,26)/b15-9-. The zero-order valence-corrected chi connectivity index (χ0v) is 19.1. The van der Waals surface area contributed by atoms with Gasteiger partial charge in [-0.3, -0.25) is 19.3 Å². The number of nitrogens with one attached hydrogen (secondary N) is 1. The van der Waals surface area contributed by atoms with Crippen molar-refractivity contribution in [1.82, 2.24) is 20.2 Å². The van der Waals surface area contributed by atoms with Crippen molar-refractivity contribution in [2.24, 2.45) is 0 Å². The molecule has 158 valence electrons. The van der Waals surface area contributed by atoms with Crippen LogP contribution in [-0.4, -0.2) is 50.8 Å². The molecule has 0 bridgehead atoms. The second-order valence-corrected chi connectivity index (χ2v) is 9.57. The fourth-order valence-electron chi connectivity index (χ4n) is 2.80. The van der Waals surface area contributed by atoms with Crippen LogP contribution in [-0.2, 0) is 9.59 Å². The molecule has 2 aromatic heterocycles. The average molecular weight is 491 g/mol. The molecule has 7 nitrogen and oxygen atoms in total. The number of carbonyl (C=O) groups excluding carboxylic acids is 3. The smallest absolute Gasteiger partial charge is 0.293 e. The summed E-state index contributed by atoms with van der Waals surface area (Å²) >= 11 is 9.82. The minimum absolute atomic E-state index is 0.100. The van der Waals surface area contributed by atoms with Crippen LogP contribution >= 0.6 is 46.5 Å². The zero-order valence-electron chi connectivity index (χ0n) is 15.9. The monoisotopic (exact) mass is 490 g/mol. The number of amides is 3. The Kier molecular flexibility index (Phi) is 6.91. The third-order valence-corrected chi connectivity index (χ3v) is 7.37. The van der Waals surface area contributed by atoms with Crippen LogP contribution in [0.2, 0.25) is 5.02 Å². The molecule has 0 saturated carbocycles. The minimum atomic E-state index is -0.389. The molecule has 1 fully saturated rings. The number of halogens is 1. The van der Waals surface area contributed by atoms with Crippen LogP contribution in [0.15, 0.2) is 52.0 Å². The van der Waals surface area contributed by atoms with Crippen LogP contribution in [0.4, 0.5) is 4.79 Å². The Hall–Kier alpha value is -2.40. The summed E-state index contributed by atoms with van der Waals surface area (Å²) in [4.78, 5) is 47.7. The quantitative estimate of drug-likeness (QED) is 0.300. The second kappa shape index (κ2) is 9.82. The molecule has 31 heavy (non-hydrogen) atoms.